The summed E-state index contributed by atoms with van der Waals surface area (Å²) in [4.78, 5) is 0. The largest absolute Gasteiger partial charge is 0.315 e. The van der Waals surface area contributed by atoms with Crippen LogP contribution in [0.15, 0.2) is 30.3 Å². The first-order valence-electron chi connectivity index (χ1n) is 6.66. The van der Waals surface area contributed by atoms with Crippen molar-refractivity contribution in [2.24, 2.45) is 5.41 Å². The average Bonchev–Trinajstić information content (AvgIpc) is 2.34. The molecule has 1 nitrogen and oxygen atoms in total. The molecule has 1 aromatic carbocycles. The van der Waals surface area contributed by atoms with Crippen molar-refractivity contribution in [3.8, 4) is 11.8 Å². The second-order valence-electron chi connectivity index (χ2n) is 5.85. The van der Waals surface area contributed by atoms with Crippen LogP contribution in [0.1, 0.15) is 45.6 Å². The van der Waals surface area contributed by atoms with Crippen LogP contribution in [0.2, 0.25) is 0 Å². The Bertz CT molecular complexity index is 403. The molecule has 1 N–H and O–H groups in total. The second kappa shape index (κ2) is 6.61. The highest BCUT2D eigenvalue weighted by atomic mass is 14.9. The topological polar surface area (TPSA) is 12.0 Å². The first-order chi connectivity index (χ1) is 8.44. The lowest BCUT2D eigenvalue weighted by Crippen LogP contribution is -2.30. The highest BCUT2D eigenvalue weighted by molar-refractivity contribution is 5.21. The van der Waals surface area contributed by atoms with Crippen LogP contribution < -0.4 is 5.32 Å². The lowest BCUT2D eigenvalue weighted by Gasteiger charge is -2.22. The maximum atomic E-state index is 3.38. The van der Waals surface area contributed by atoms with Crippen molar-refractivity contribution >= 4 is 0 Å². The molecule has 0 saturated heterocycles. The van der Waals surface area contributed by atoms with E-state index >= 15 is 0 Å². The summed E-state index contributed by atoms with van der Waals surface area (Å²) < 4.78 is 0. The third kappa shape index (κ3) is 4.94. The Morgan fingerprint density at radius 2 is 1.78 bits per heavy atom. The zero-order valence-electron chi connectivity index (χ0n) is 12.2. The van der Waals surface area contributed by atoms with Crippen molar-refractivity contribution in [1.82, 2.24) is 5.32 Å². The van der Waals surface area contributed by atoms with Gasteiger partial charge in [0.15, 0.2) is 0 Å². The molecule has 0 radical (unpaired) electrons. The van der Waals surface area contributed by atoms with Crippen molar-refractivity contribution < 1.29 is 0 Å². The first kappa shape index (κ1) is 14.8. The van der Waals surface area contributed by atoms with Gasteiger partial charge in [-0.15, -0.1) is 5.92 Å². The van der Waals surface area contributed by atoms with Gasteiger partial charge in [0.1, 0.15) is 0 Å². The Hall–Kier alpha value is -1.26. The lowest BCUT2D eigenvalue weighted by atomic mass is 9.90. The molecular weight excluding hydrogens is 218 g/mol. The van der Waals surface area contributed by atoms with E-state index in [0.717, 1.165) is 6.42 Å². The Morgan fingerprint density at radius 3 is 2.28 bits per heavy atom. The molecule has 0 amide bonds. The number of hydrogen-bond donors (Lipinski definition) is 1. The number of hydrogen-bond acceptors (Lipinski definition) is 1. The fourth-order valence-corrected chi connectivity index (χ4v) is 1.94. The predicted octanol–water partition coefficient (Wildman–Crippen LogP) is 3.82. The minimum absolute atomic E-state index is 0.0915. The first-order valence-corrected chi connectivity index (χ1v) is 6.66. The second-order valence-corrected chi connectivity index (χ2v) is 5.85. The van der Waals surface area contributed by atoms with Gasteiger partial charge in [-0.3, -0.25) is 0 Å². The molecular formula is C17H25N. The molecule has 0 aliphatic heterocycles. The van der Waals surface area contributed by atoms with Crippen molar-refractivity contribution in [2.45, 2.75) is 46.1 Å². The molecule has 2 atom stereocenters. The number of nitrogens with one attached hydrogen (secondary N) is 1. The Kier molecular flexibility index (Phi) is 5.44. The number of likely N-dealkylation sites (N-methyl/N-ethyl adjacent to an activating group) is 1. The molecule has 0 bridgehead atoms. The SMILES string of the molecule is CNC(CC#CC(C)(C)C)C(C)c1ccccc1. The molecule has 0 fully saturated rings. The maximum Gasteiger partial charge on any atom is 0.0249 e. The summed E-state index contributed by atoms with van der Waals surface area (Å²) in [5, 5.41) is 3.38. The Balaban J connectivity index is 2.69. The smallest absolute Gasteiger partial charge is 0.0249 e. The molecule has 18 heavy (non-hydrogen) atoms. The van der Waals surface area contributed by atoms with Crippen LogP contribution in [0.4, 0.5) is 0 Å². The summed E-state index contributed by atoms with van der Waals surface area (Å²) in [7, 11) is 2.02. The van der Waals surface area contributed by atoms with E-state index in [0.29, 0.717) is 12.0 Å². The van der Waals surface area contributed by atoms with Crippen LogP contribution in [0, 0.1) is 17.3 Å². The molecule has 0 aliphatic carbocycles. The zero-order chi connectivity index (χ0) is 13.6. The zero-order valence-corrected chi connectivity index (χ0v) is 12.2. The Morgan fingerprint density at radius 1 is 1.17 bits per heavy atom. The maximum absolute atomic E-state index is 3.38. The third-order valence-electron chi connectivity index (χ3n) is 3.09. The Labute approximate surface area is 112 Å². The molecule has 1 rings (SSSR count). The van der Waals surface area contributed by atoms with Crippen LogP contribution in [-0.4, -0.2) is 13.1 Å². The van der Waals surface area contributed by atoms with E-state index in [2.05, 4.69) is 75.2 Å². The van der Waals surface area contributed by atoms with Crippen molar-refractivity contribution in [3.05, 3.63) is 35.9 Å². The van der Waals surface area contributed by atoms with Gasteiger partial charge in [-0.1, -0.05) is 43.2 Å². The lowest BCUT2D eigenvalue weighted by molar-refractivity contribution is 0.494. The van der Waals surface area contributed by atoms with Gasteiger partial charge >= 0.3 is 0 Å². The van der Waals surface area contributed by atoms with Gasteiger partial charge in [0.25, 0.3) is 0 Å². The summed E-state index contributed by atoms with van der Waals surface area (Å²) in [6, 6.07) is 11.0. The average molecular weight is 243 g/mol. The molecule has 1 heteroatoms. The molecule has 0 spiro atoms. The summed E-state index contributed by atoms with van der Waals surface area (Å²) in [6.45, 7) is 8.70. The van der Waals surface area contributed by atoms with Crippen LogP contribution in [0.5, 0.6) is 0 Å². The van der Waals surface area contributed by atoms with E-state index < -0.39 is 0 Å². The van der Waals surface area contributed by atoms with Crippen LogP contribution in [-0.2, 0) is 0 Å². The van der Waals surface area contributed by atoms with E-state index in [1.807, 2.05) is 7.05 Å². The van der Waals surface area contributed by atoms with E-state index in [9.17, 15) is 0 Å². The molecule has 0 saturated carbocycles. The molecule has 2 unspecified atom stereocenters. The quantitative estimate of drug-likeness (QED) is 0.793. The van der Waals surface area contributed by atoms with Gasteiger partial charge in [-0.05, 0) is 39.3 Å². The van der Waals surface area contributed by atoms with Crippen LogP contribution in [0.25, 0.3) is 0 Å². The van der Waals surface area contributed by atoms with Crippen LogP contribution >= 0.6 is 0 Å². The van der Waals surface area contributed by atoms with Gasteiger partial charge < -0.3 is 5.32 Å². The van der Waals surface area contributed by atoms with E-state index in [4.69, 9.17) is 0 Å². The van der Waals surface area contributed by atoms with Crippen molar-refractivity contribution in [3.63, 3.8) is 0 Å². The molecule has 0 aliphatic rings. The summed E-state index contributed by atoms with van der Waals surface area (Å²) >= 11 is 0. The monoisotopic (exact) mass is 243 g/mol. The van der Waals surface area contributed by atoms with Crippen LogP contribution in [0.3, 0.4) is 0 Å². The fraction of sp³-hybridized carbons (Fsp3) is 0.529. The number of rotatable bonds is 4. The summed E-state index contributed by atoms with van der Waals surface area (Å²) in [5.74, 6) is 7.09. The molecule has 0 aromatic heterocycles. The van der Waals surface area contributed by atoms with Gasteiger partial charge in [0.2, 0.25) is 0 Å². The van der Waals surface area contributed by atoms with Gasteiger partial charge in [-0.25, -0.2) is 0 Å². The third-order valence-corrected chi connectivity index (χ3v) is 3.09. The van der Waals surface area contributed by atoms with Crippen molar-refractivity contribution in [1.29, 1.82) is 0 Å². The van der Waals surface area contributed by atoms with Gasteiger partial charge in [0.05, 0.1) is 0 Å². The standard InChI is InChI=1S/C17H25N/c1-14(15-10-7-6-8-11-15)16(18-5)12-9-13-17(2,3)4/h6-8,10-11,14,16,18H,12H2,1-5H3. The number of benzene rings is 1. The van der Waals surface area contributed by atoms with E-state index in [1.54, 1.807) is 0 Å². The predicted molar refractivity (Wildman–Crippen MR) is 79.6 cm³/mol. The highest BCUT2D eigenvalue weighted by Gasteiger charge is 2.16. The summed E-state index contributed by atoms with van der Waals surface area (Å²) in [6.07, 6.45) is 0.893. The van der Waals surface area contributed by atoms with Gasteiger partial charge in [0, 0.05) is 17.9 Å². The minimum atomic E-state index is 0.0915. The van der Waals surface area contributed by atoms with Crippen molar-refractivity contribution in [2.75, 3.05) is 7.05 Å². The van der Waals surface area contributed by atoms with E-state index in [-0.39, 0.29) is 5.41 Å². The highest BCUT2D eigenvalue weighted by Crippen LogP contribution is 2.20. The molecule has 1 aromatic rings. The van der Waals surface area contributed by atoms with Gasteiger partial charge in [-0.2, -0.15) is 0 Å². The molecule has 98 valence electrons. The normalized spacial score (nSPS) is 14.5. The fourth-order valence-electron chi connectivity index (χ4n) is 1.94. The van der Waals surface area contributed by atoms with E-state index in [1.165, 1.54) is 5.56 Å². The summed E-state index contributed by atoms with van der Waals surface area (Å²) in [5.41, 5.74) is 1.46. The minimum Gasteiger partial charge on any atom is -0.315 e. The molecule has 0 heterocycles.